The van der Waals surface area contributed by atoms with Crippen LogP contribution in [-0.4, -0.2) is 26.2 Å². The molecular weight excluding hydrogens is 668 g/mol. The molecule has 2 atom stereocenters. The Labute approximate surface area is 294 Å². The summed E-state index contributed by atoms with van der Waals surface area (Å²) in [6, 6.07) is 32.4. The fourth-order valence-electron chi connectivity index (χ4n) is 5.49. The number of hydrogen-bond donors (Lipinski definition) is 0. The van der Waals surface area contributed by atoms with E-state index in [1.54, 1.807) is 0 Å². The number of esters is 2. The lowest BCUT2D eigenvalue weighted by Gasteiger charge is -2.17. The van der Waals surface area contributed by atoms with Crippen LogP contribution in [0.2, 0.25) is 0 Å². The van der Waals surface area contributed by atoms with E-state index in [1.807, 2.05) is 79.7 Å². The minimum absolute atomic E-state index is 0.157. The Bertz CT molecular complexity index is 1420. The highest BCUT2D eigenvalue weighted by Crippen LogP contribution is 2.33. The number of benzene rings is 4. The van der Waals surface area contributed by atoms with Crippen LogP contribution in [0, 0.1) is 6.92 Å². The molecule has 48 heavy (non-hydrogen) atoms. The molecule has 4 aromatic rings. The molecule has 0 heterocycles. The number of methoxy groups -OCH3 is 2. The van der Waals surface area contributed by atoms with Crippen LogP contribution in [0.5, 0.6) is 11.5 Å². The third-order valence-electron chi connectivity index (χ3n) is 8.13. The maximum absolute atomic E-state index is 11.6. The molecule has 6 nitrogen and oxygen atoms in total. The fraction of sp³-hybridized carbons (Fsp3) is 0.366. The standard InChI is InChI=1S/C21H26O3.C20H23BrO3/c1-4-8-18(14-21(22)23-3)19-11-12-20(16(2)13-19)24-15-17-9-6-5-7-10-17;1-3-7-16(13-20(22)23-2)17-10-11-19(18(21)12-17)24-14-15-8-5-4-6-9-15/h5-7,9-13,18H,4,8,14-15H2,1-3H3;4-6,8-12,16H,3,7,13-14H2,1-2H3/t18-;16-/m11/s1. The summed E-state index contributed by atoms with van der Waals surface area (Å²) in [6.07, 6.45) is 4.80. The fourth-order valence-corrected chi connectivity index (χ4v) is 6.00. The van der Waals surface area contributed by atoms with Gasteiger partial charge in [0.05, 0.1) is 31.5 Å². The Hall–Kier alpha value is -4.10. The van der Waals surface area contributed by atoms with Gasteiger partial charge in [-0.05, 0) is 93.5 Å². The van der Waals surface area contributed by atoms with Gasteiger partial charge < -0.3 is 18.9 Å². The summed E-state index contributed by atoms with van der Waals surface area (Å²) in [4.78, 5) is 23.3. The normalized spacial score (nSPS) is 11.8. The minimum Gasteiger partial charge on any atom is -0.489 e. The van der Waals surface area contributed by atoms with Crippen LogP contribution >= 0.6 is 15.9 Å². The van der Waals surface area contributed by atoms with E-state index in [0.29, 0.717) is 26.1 Å². The van der Waals surface area contributed by atoms with E-state index in [0.717, 1.165) is 63.9 Å². The van der Waals surface area contributed by atoms with Gasteiger partial charge >= 0.3 is 11.9 Å². The van der Waals surface area contributed by atoms with E-state index < -0.39 is 0 Å². The Morgan fingerprint density at radius 3 is 1.48 bits per heavy atom. The maximum Gasteiger partial charge on any atom is 0.306 e. The number of carbonyl (C=O) groups excluding carboxylic acids is 2. The van der Waals surface area contributed by atoms with Crippen molar-refractivity contribution in [2.45, 2.75) is 84.3 Å². The van der Waals surface area contributed by atoms with Gasteiger partial charge in [-0.1, -0.05) is 106 Å². The molecule has 0 bridgehead atoms. The van der Waals surface area contributed by atoms with E-state index >= 15 is 0 Å². The molecule has 0 aromatic heterocycles. The van der Waals surface area contributed by atoms with Gasteiger partial charge in [0.1, 0.15) is 24.7 Å². The van der Waals surface area contributed by atoms with Gasteiger partial charge in [0.2, 0.25) is 0 Å². The van der Waals surface area contributed by atoms with Crippen molar-refractivity contribution in [1.29, 1.82) is 0 Å². The second kappa shape index (κ2) is 21.0. The molecule has 0 amide bonds. The summed E-state index contributed by atoms with van der Waals surface area (Å²) in [6.45, 7) is 7.39. The van der Waals surface area contributed by atoms with Crippen LogP contribution in [0.1, 0.15) is 92.0 Å². The van der Waals surface area contributed by atoms with Crippen molar-refractivity contribution in [3.63, 3.8) is 0 Å². The Kier molecular flexibility index (Phi) is 16.8. The van der Waals surface area contributed by atoms with E-state index in [9.17, 15) is 9.59 Å². The minimum atomic E-state index is -0.172. The lowest BCUT2D eigenvalue weighted by atomic mass is 9.90. The van der Waals surface area contributed by atoms with Crippen LogP contribution < -0.4 is 9.47 Å². The molecule has 0 fully saturated rings. The number of ether oxygens (including phenoxy) is 4. The van der Waals surface area contributed by atoms with Gasteiger partial charge in [0, 0.05) is 0 Å². The average Bonchev–Trinajstić information content (AvgIpc) is 3.11. The summed E-state index contributed by atoms with van der Waals surface area (Å²) in [5.41, 5.74) is 5.67. The number of rotatable bonds is 16. The third kappa shape index (κ3) is 12.8. The summed E-state index contributed by atoms with van der Waals surface area (Å²) in [5.74, 6) is 1.72. The summed E-state index contributed by atoms with van der Waals surface area (Å²) >= 11 is 3.58. The first-order valence-electron chi connectivity index (χ1n) is 16.6. The maximum atomic E-state index is 11.6. The number of carbonyl (C=O) groups is 2. The second-order valence-electron chi connectivity index (χ2n) is 11.8. The van der Waals surface area contributed by atoms with Crippen molar-refractivity contribution in [2.75, 3.05) is 14.2 Å². The highest BCUT2D eigenvalue weighted by Gasteiger charge is 2.18. The van der Waals surface area contributed by atoms with Crippen molar-refractivity contribution < 1.29 is 28.5 Å². The SMILES string of the molecule is CCC[C@H](CC(=O)OC)c1ccc(OCc2ccccc2)c(Br)c1.CCC[C@H](CC(=O)OC)c1ccc(OCc2ccccc2)c(C)c1. The molecule has 4 aromatic carbocycles. The van der Waals surface area contributed by atoms with Crippen molar-refractivity contribution in [3.8, 4) is 11.5 Å². The van der Waals surface area contributed by atoms with Gasteiger partial charge in [0.15, 0.2) is 0 Å². The first kappa shape index (κ1) is 38.3. The monoisotopic (exact) mass is 716 g/mol. The molecule has 0 unspecified atom stereocenters. The van der Waals surface area contributed by atoms with Crippen LogP contribution in [0.15, 0.2) is 102 Å². The predicted molar refractivity (Wildman–Crippen MR) is 195 cm³/mol. The van der Waals surface area contributed by atoms with Gasteiger partial charge in [0.25, 0.3) is 0 Å². The van der Waals surface area contributed by atoms with Crippen molar-refractivity contribution in [2.24, 2.45) is 0 Å². The molecule has 0 aliphatic rings. The highest BCUT2D eigenvalue weighted by atomic mass is 79.9. The van der Waals surface area contributed by atoms with E-state index in [4.69, 9.17) is 18.9 Å². The smallest absolute Gasteiger partial charge is 0.306 e. The lowest BCUT2D eigenvalue weighted by Crippen LogP contribution is -2.09. The molecule has 0 spiro atoms. The van der Waals surface area contributed by atoms with Crippen molar-refractivity contribution in [3.05, 3.63) is 129 Å². The van der Waals surface area contributed by atoms with Crippen molar-refractivity contribution in [1.82, 2.24) is 0 Å². The van der Waals surface area contributed by atoms with E-state index in [2.05, 4.69) is 54.0 Å². The number of aryl methyl sites for hydroxylation is 1. The Morgan fingerprint density at radius 2 is 1.06 bits per heavy atom. The van der Waals surface area contributed by atoms with Crippen LogP contribution in [0.4, 0.5) is 0 Å². The molecule has 0 N–H and O–H groups in total. The first-order valence-corrected chi connectivity index (χ1v) is 17.4. The van der Waals surface area contributed by atoms with E-state index in [1.165, 1.54) is 19.8 Å². The summed E-state index contributed by atoms with van der Waals surface area (Å²) < 4.78 is 22.4. The topological polar surface area (TPSA) is 71.1 Å². The zero-order valence-corrected chi connectivity index (χ0v) is 30.5. The summed E-state index contributed by atoms with van der Waals surface area (Å²) in [5, 5.41) is 0. The Balaban J connectivity index is 0.000000260. The molecule has 7 heteroatoms. The summed E-state index contributed by atoms with van der Waals surface area (Å²) in [7, 11) is 2.87. The zero-order valence-electron chi connectivity index (χ0n) is 28.9. The van der Waals surface area contributed by atoms with Gasteiger partial charge in [-0.15, -0.1) is 0 Å². The number of hydrogen-bond acceptors (Lipinski definition) is 6. The molecular formula is C41H49BrO6. The quantitative estimate of drug-likeness (QED) is 0.108. The van der Waals surface area contributed by atoms with Crippen LogP contribution in [0.25, 0.3) is 0 Å². The van der Waals surface area contributed by atoms with Crippen LogP contribution in [0.3, 0.4) is 0 Å². The second-order valence-corrected chi connectivity index (χ2v) is 12.6. The molecule has 0 saturated carbocycles. The molecule has 0 aliphatic carbocycles. The van der Waals surface area contributed by atoms with Gasteiger partial charge in [-0.3, -0.25) is 9.59 Å². The molecule has 0 saturated heterocycles. The molecule has 0 aliphatic heterocycles. The average molecular weight is 718 g/mol. The predicted octanol–water partition coefficient (Wildman–Crippen LogP) is 10.5. The first-order chi connectivity index (χ1) is 23.3. The number of halogens is 1. The van der Waals surface area contributed by atoms with Gasteiger partial charge in [-0.2, -0.15) is 0 Å². The molecule has 0 radical (unpaired) electrons. The highest BCUT2D eigenvalue weighted by molar-refractivity contribution is 9.10. The van der Waals surface area contributed by atoms with Crippen molar-refractivity contribution >= 4 is 27.9 Å². The largest absolute Gasteiger partial charge is 0.489 e. The van der Waals surface area contributed by atoms with Gasteiger partial charge in [-0.25, -0.2) is 0 Å². The molecule has 256 valence electrons. The van der Waals surface area contributed by atoms with Crippen LogP contribution in [-0.2, 0) is 32.3 Å². The molecule has 4 rings (SSSR count). The lowest BCUT2D eigenvalue weighted by molar-refractivity contribution is -0.142. The third-order valence-corrected chi connectivity index (χ3v) is 8.75. The van der Waals surface area contributed by atoms with E-state index in [-0.39, 0.29) is 23.8 Å². The zero-order chi connectivity index (χ0) is 34.7. The Morgan fingerprint density at radius 1 is 0.625 bits per heavy atom.